The zero-order valence-electron chi connectivity index (χ0n) is 57.6. The van der Waals surface area contributed by atoms with Crippen LogP contribution in [0.2, 0.25) is 0 Å². The van der Waals surface area contributed by atoms with Gasteiger partial charge in [-0.15, -0.1) is 0 Å². The molecule has 85 heavy (non-hydrogen) atoms. The van der Waals surface area contributed by atoms with Crippen molar-refractivity contribution in [2.24, 2.45) is 0 Å². The van der Waals surface area contributed by atoms with Gasteiger partial charge in [-0.2, -0.15) is 0 Å². The zero-order valence-corrected chi connectivity index (χ0v) is 57.6. The lowest BCUT2D eigenvalue weighted by atomic mass is 10.0. The average Bonchev–Trinajstić information content (AvgIpc) is 3.51. The Bertz CT molecular complexity index is 1380. The van der Waals surface area contributed by atoms with Crippen LogP contribution in [0, 0.1) is 0 Å². The molecule has 0 bridgehead atoms. The van der Waals surface area contributed by atoms with Gasteiger partial charge >= 0.3 is 5.97 Å². The predicted molar refractivity (Wildman–Crippen MR) is 375 cm³/mol. The molecule has 6 heteroatoms. The van der Waals surface area contributed by atoms with E-state index in [1.54, 1.807) is 6.08 Å². The molecule has 0 aliphatic heterocycles. The number of esters is 1. The first kappa shape index (κ1) is 83.1. The van der Waals surface area contributed by atoms with Crippen molar-refractivity contribution in [3.8, 4) is 0 Å². The maximum Gasteiger partial charge on any atom is 0.305 e. The van der Waals surface area contributed by atoms with E-state index >= 15 is 0 Å². The summed E-state index contributed by atoms with van der Waals surface area (Å²) in [5.74, 6) is -0.0393. The number of hydrogen-bond acceptors (Lipinski definition) is 5. The van der Waals surface area contributed by atoms with Crippen LogP contribution < -0.4 is 5.32 Å². The van der Waals surface area contributed by atoms with Crippen molar-refractivity contribution in [2.45, 2.75) is 443 Å². The molecule has 502 valence electrons. The summed E-state index contributed by atoms with van der Waals surface area (Å²) in [5.41, 5.74) is 0. The minimum absolute atomic E-state index is 0.0230. The van der Waals surface area contributed by atoms with E-state index in [1.165, 1.54) is 360 Å². The number of ether oxygens (including phenoxy) is 1. The highest BCUT2D eigenvalue weighted by Gasteiger charge is 2.18. The van der Waals surface area contributed by atoms with Gasteiger partial charge in [0.25, 0.3) is 0 Å². The Kier molecular flexibility index (Phi) is 72.9. The van der Waals surface area contributed by atoms with Crippen LogP contribution in [0.15, 0.2) is 36.5 Å². The number of carbonyl (C=O) groups excluding carboxylic acids is 2. The van der Waals surface area contributed by atoms with Gasteiger partial charge in [0.15, 0.2) is 0 Å². The standard InChI is InChI=1S/C79H151NO5/c1-3-5-7-9-11-13-15-17-44-47-51-55-59-63-67-71-77(82)76(75-81)80-78(83)72-68-64-60-56-52-48-45-42-40-38-36-34-32-30-28-26-24-22-20-19-21-23-25-27-29-31-33-35-37-39-41-43-46-50-54-58-62-66-70-74-85-79(84)73-69-65-61-57-53-49-18-16-14-12-10-8-6-4-2/h19-20,23,25,67,71,76-77,81-82H,3-18,21-22,24,26-66,68-70,72-75H2,1-2H3,(H,80,83)/b20-19-,25-23-,71-67+. The van der Waals surface area contributed by atoms with Gasteiger partial charge in [-0.3, -0.25) is 9.59 Å². The van der Waals surface area contributed by atoms with Crippen LogP contribution >= 0.6 is 0 Å². The highest BCUT2D eigenvalue weighted by atomic mass is 16.5. The molecule has 0 spiro atoms. The third-order valence-corrected chi connectivity index (χ3v) is 18.2. The second kappa shape index (κ2) is 74.5. The van der Waals surface area contributed by atoms with E-state index in [4.69, 9.17) is 4.74 Å². The highest BCUT2D eigenvalue weighted by Crippen LogP contribution is 2.19. The fourth-order valence-electron chi connectivity index (χ4n) is 12.3. The maximum absolute atomic E-state index is 12.5. The second-order valence-corrected chi connectivity index (χ2v) is 26.7. The summed E-state index contributed by atoms with van der Waals surface area (Å²) in [7, 11) is 0. The molecule has 0 aliphatic carbocycles. The lowest BCUT2D eigenvalue weighted by Gasteiger charge is -2.20. The molecule has 0 aromatic rings. The number of nitrogens with one attached hydrogen (secondary N) is 1. The third kappa shape index (κ3) is 71.0. The van der Waals surface area contributed by atoms with Gasteiger partial charge < -0.3 is 20.3 Å². The smallest absolute Gasteiger partial charge is 0.305 e. The van der Waals surface area contributed by atoms with Gasteiger partial charge in [0, 0.05) is 12.8 Å². The molecule has 6 nitrogen and oxygen atoms in total. The largest absolute Gasteiger partial charge is 0.466 e. The van der Waals surface area contributed by atoms with Crippen LogP contribution in [-0.2, 0) is 14.3 Å². The maximum atomic E-state index is 12.5. The monoisotopic (exact) mass is 1190 g/mol. The molecule has 0 saturated heterocycles. The van der Waals surface area contributed by atoms with E-state index in [1.807, 2.05) is 6.08 Å². The number of hydrogen-bond donors (Lipinski definition) is 3. The summed E-state index contributed by atoms with van der Waals surface area (Å²) < 4.78 is 5.50. The number of aliphatic hydroxyl groups excluding tert-OH is 2. The molecule has 0 rings (SSSR count). The molecule has 0 fully saturated rings. The molecule has 0 heterocycles. The molecule has 0 aliphatic rings. The predicted octanol–water partition coefficient (Wildman–Crippen LogP) is 25.4. The van der Waals surface area contributed by atoms with Crippen LogP contribution in [0.5, 0.6) is 0 Å². The number of carbonyl (C=O) groups is 2. The lowest BCUT2D eigenvalue weighted by Crippen LogP contribution is -2.45. The molecule has 3 N–H and O–H groups in total. The van der Waals surface area contributed by atoms with Crippen LogP contribution in [0.1, 0.15) is 431 Å². The van der Waals surface area contributed by atoms with Crippen molar-refractivity contribution in [2.75, 3.05) is 13.2 Å². The van der Waals surface area contributed by atoms with Gasteiger partial charge in [-0.1, -0.05) is 391 Å². The molecule has 2 atom stereocenters. The SMILES string of the molecule is CCCCCCCCCCCCCCC/C=C/C(O)C(CO)NC(=O)CCCCCCCCCCCCCCCCCCC/C=C\C/C=C\CCCCCCCCCCCCCCCCCOC(=O)CCCCCCCCCCCCCCCC. The first-order valence-electron chi connectivity index (χ1n) is 38.8. The molecule has 0 radical (unpaired) electrons. The molecule has 1 amide bonds. The molecule has 0 aromatic carbocycles. The third-order valence-electron chi connectivity index (χ3n) is 18.2. The number of unbranched alkanes of at least 4 members (excludes halogenated alkanes) is 58. The van der Waals surface area contributed by atoms with Crippen LogP contribution in [0.4, 0.5) is 0 Å². The molecule has 0 aromatic heterocycles. The van der Waals surface area contributed by atoms with Crippen molar-refractivity contribution < 1.29 is 24.5 Å². The zero-order chi connectivity index (χ0) is 61.3. The first-order valence-corrected chi connectivity index (χ1v) is 38.8. The van der Waals surface area contributed by atoms with Gasteiger partial charge in [0.1, 0.15) is 0 Å². The van der Waals surface area contributed by atoms with E-state index in [9.17, 15) is 19.8 Å². The topological polar surface area (TPSA) is 95.9 Å². The van der Waals surface area contributed by atoms with Crippen molar-refractivity contribution in [1.29, 1.82) is 0 Å². The summed E-state index contributed by atoms with van der Waals surface area (Å²) in [4.78, 5) is 24.6. The van der Waals surface area contributed by atoms with Gasteiger partial charge in [0.05, 0.1) is 25.4 Å². The van der Waals surface area contributed by atoms with E-state index in [0.717, 1.165) is 44.9 Å². The Balaban J connectivity index is 3.35. The summed E-state index contributed by atoms with van der Waals surface area (Å²) in [6.07, 6.45) is 97.0. The Labute approximate surface area is 532 Å². The van der Waals surface area contributed by atoms with Gasteiger partial charge in [-0.25, -0.2) is 0 Å². The number of amides is 1. The van der Waals surface area contributed by atoms with Gasteiger partial charge in [-0.05, 0) is 64.2 Å². The van der Waals surface area contributed by atoms with E-state index in [2.05, 4.69) is 43.5 Å². The van der Waals surface area contributed by atoms with E-state index in [0.29, 0.717) is 19.4 Å². The summed E-state index contributed by atoms with van der Waals surface area (Å²) in [5, 5.41) is 23.2. The Morgan fingerprint density at radius 2 is 0.588 bits per heavy atom. The van der Waals surface area contributed by atoms with Crippen LogP contribution in [-0.4, -0.2) is 47.4 Å². The minimum atomic E-state index is -0.842. The fourth-order valence-corrected chi connectivity index (χ4v) is 12.3. The summed E-state index contributed by atoms with van der Waals surface area (Å²) in [6.45, 7) is 4.94. The van der Waals surface area contributed by atoms with Crippen molar-refractivity contribution in [3.05, 3.63) is 36.5 Å². The van der Waals surface area contributed by atoms with Crippen molar-refractivity contribution in [3.63, 3.8) is 0 Å². The highest BCUT2D eigenvalue weighted by molar-refractivity contribution is 5.76. The number of aliphatic hydroxyl groups is 2. The fraction of sp³-hybridized carbons (Fsp3) is 0.899. The van der Waals surface area contributed by atoms with Crippen LogP contribution in [0.25, 0.3) is 0 Å². The normalized spacial score (nSPS) is 12.7. The quantitative estimate of drug-likeness (QED) is 0.0320. The average molecular weight is 1200 g/mol. The molecular formula is C79H151NO5. The Morgan fingerprint density at radius 1 is 0.329 bits per heavy atom. The Hall–Kier alpha value is -1.92. The number of rotatable bonds is 73. The van der Waals surface area contributed by atoms with Crippen molar-refractivity contribution >= 4 is 11.9 Å². The van der Waals surface area contributed by atoms with Crippen molar-refractivity contribution in [1.82, 2.24) is 5.32 Å². The second-order valence-electron chi connectivity index (χ2n) is 26.7. The first-order chi connectivity index (χ1) is 42.0. The molecule has 0 saturated carbocycles. The van der Waals surface area contributed by atoms with Gasteiger partial charge in [0.2, 0.25) is 5.91 Å². The van der Waals surface area contributed by atoms with E-state index in [-0.39, 0.29) is 18.5 Å². The molecular weight excluding hydrogens is 1040 g/mol. The minimum Gasteiger partial charge on any atom is -0.466 e. The molecule has 2 unspecified atom stereocenters. The summed E-state index contributed by atoms with van der Waals surface area (Å²) >= 11 is 0. The van der Waals surface area contributed by atoms with Crippen LogP contribution in [0.3, 0.4) is 0 Å². The summed E-state index contributed by atoms with van der Waals surface area (Å²) in [6, 6.07) is -0.625. The Morgan fingerprint density at radius 3 is 0.894 bits per heavy atom. The number of allylic oxidation sites excluding steroid dienone is 5. The van der Waals surface area contributed by atoms with E-state index < -0.39 is 12.1 Å². The lowest BCUT2D eigenvalue weighted by molar-refractivity contribution is -0.143.